The van der Waals surface area contributed by atoms with Crippen LogP contribution in [0.3, 0.4) is 0 Å². The first-order valence-electron chi connectivity index (χ1n) is 5.95. The molecule has 1 aromatic heterocycles. The summed E-state index contributed by atoms with van der Waals surface area (Å²) in [6.45, 7) is 1.84. The number of aryl methyl sites for hydroxylation is 1. The van der Waals surface area contributed by atoms with E-state index in [1.165, 1.54) is 6.07 Å². The highest BCUT2D eigenvalue weighted by molar-refractivity contribution is 6.35. The maximum Gasteiger partial charge on any atom is 0.163 e. The number of hydrogen-bond acceptors (Lipinski definition) is 2. The van der Waals surface area contributed by atoms with Gasteiger partial charge in [0.15, 0.2) is 5.82 Å². The van der Waals surface area contributed by atoms with Crippen LogP contribution in [0.4, 0.5) is 4.39 Å². The highest BCUT2D eigenvalue weighted by Crippen LogP contribution is 2.31. The van der Waals surface area contributed by atoms with Crippen molar-refractivity contribution in [3.8, 4) is 11.4 Å². The molecular weight excluding hydrogens is 298 g/mol. The van der Waals surface area contributed by atoms with E-state index in [0.717, 1.165) is 5.56 Å². The number of fused-ring (bicyclic) bond motifs is 1. The van der Waals surface area contributed by atoms with Crippen molar-refractivity contribution in [1.29, 1.82) is 0 Å². The van der Waals surface area contributed by atoms with Crippen LogP contribution < -0.4 is 0 Å². The Bertz CT molecular complexity index is 818. The first-order chi connectivity index (χ1) is 9.58. The van der Waals surface area contributed by atoms with Crippen LogP contribution >= 0.6 is 23.2 Å². The maximum atomic E-state index is 14.0. The molecule has 0 saturated carbocycles. The van der Waals surface area contributed by atoms with E-state index < -0.39 is 5.82 Å². The van der Waals surface area contributed by atoms with Gasteiger partial charge in [-0.2, -0.15) is 0 Å². The summed E-state index contributed by atoms with van der Waals surface area (Å²) in [7, 11) is 0. The van der Waals surface area contributed by atoms with E-state index in [4.69, 9.17) is 23.2 Å². The first-order valence-corrected chi connectivity index (χ1v) is 6.71. The molecule has 0 spiro atoms. The Labute approximate surface area is 125 Å². The van der Waals surface area contributed by atoms with E-state index in [0.29, 0.717) is 21.8 Å². The summed E-state index contributed by atoms with van der Waals surface area (Å²) in [5, 5.41) is 1.25. The van der Waals surface area contributed by atoms with Gasteiger partial charge in [0.25, 0.3) is 0 Å². The van der Waals surface area contributed by atoms with Crippen molar-refractivity contribution in [3.05, 3.63) is 58.0 Å². The molecule has 0 radical (unpaired) electrons. The second-order valence-corrected chi connectivity index (χ2v) is 5.17. The highest BCUT2D eigenvalue weighted by atomic mass is 35.5. The first kappa shape index (κ1) is 13.3. The minimum Gasteiger partial charge on any atom is -0.225 e. The highest BCUT2D eigenvalue weighted by Gasteiger charge is 2.14. The molecule has 0 fully saturated rings. The van der Waals surface area contributed by atoms with Crippen molar-refractivity contribution in [2.75, 3.05) is 0 Å². The van der Waals surface area contributed by atoms with Crippen molar-refractivity contribution in [1.82, 2.24) is 9.97 Å². The van der Waals surface area contributed by atoms with Crippen LogP contribution in [-0.4, -0.2) is 9.97 Å². The smallest absolute Gasteiger partial charge is 0.163 e. The Morgan fingerprint density at radius 1 is 1.00 bits per heavy atom. The van der Waals surface area contributed by atoms with Crippen molar-refractivity contribution >= 4 is 34.1 Å². The van der Waals surface area contributed by atoms with Crippen LogP contribution in [0, 0.1) is 12.7 Å². The molecule has 0 unspecified atom stereocenters. The van der Waals surface area contributed by atoms with Crippen LogP contribution in [0.1, 0.15) is 5.56 Å². The summed E-state index contributed by atoms with van der Waals surface area (Å²) in [5.74, 6) is -0.110. The fourth-order valence-electron chi connectivity index (χ4n) is 2.08. The number of rotatable bonds is 1. The zero-order chi connectivity index (χ0) is 14.3. The van der Waals surface area contributed by atoms with E-state index in [1.54, 1.807) is 24.3 Å². The number of halogens is 3. The van der Waals surface area contributed by atoms with Gasteiger partial charge in [-0.25, -0.2) is 14.4 Å². The summed E-state index contributed by atoms with van der Waals surface area (Å²) in [4.78, 5) is 8.51. The van der Waals surface area contributed by atoms with Gasteiger partial charge in [-0.05, 0) is 30.7 Å². The minimum absolute atomic E-state index is 0.208. The lowest BCUT2D eigenvalue weighted by molar-refractivity contribution is 0.636. The van der Waals surface area contributed by atoms with Crippen LogP contribution in [0.15, 0.2) is 36.4 Å². The predicted octanol–water partition coefficient (Wildman–Crippen LogP) is 5.05. The molecule has 0 N–H and O–H groups in total. The average Bonchev–Trinajstić information content (AvgIpc) is 2.43. The van der Waals surface area contributed by atoms with Gasteiger partial charge in [0.1, 0.15) is 16.5 Å². The van der Waals surface area contributed by atoms with Crippen molar-refractivity contribution < 1.29 is 4.39 Å². The fourth-order valence-corrected chi connectivity index (χ4v) is 2.62. The summed E-state index contributed by atoms with van der Waals surface area (Å²) in [6.07, 6.45) is 0. The standard InChI is InChI=1S/C15H9Cl2FN2/c1-8-6-7-11(18)13-12(8)14(17)20-15(19-13)9-4-2-3-5-10(9)16/h2-7H,1H3. The molecule has 0 aliphatic rings. The molecule has 5 heteroatoms. The monoisotopic (exact) mass is 306 g/mol. The molecule has 3 aromatic rings. The van der Waals surface area contributed by atoms with Gasteiger partial charge in [-0.1, -0.05) is 41.4 Å². The van der Waals surface area contributed by atoms with Crippen molar-refractivity contribution in [2.24, 2.45) is 0 Å². The minimum atomic E-state index is -0.428. The van der Waals surface area contributed by atoms with Crippen LogP contribution in [0.5, 0.6) is 0 Å². The van der Waals surface area contributed by atoms with Crippen LogP contribution in [0.25, 0.3) is 22.3 Å². The lowest BCUT2D eigenvalue weighted by Gasteiger charge is -2.08. The molecule has 2 nitrogen and oxygen atoms in total. The van der Waals surface area contributed by atoms with Crippen molar-refractivity contribution in [3.63, 3.8) is 0 Å². The zero-order valence-electron chi connectivity index (χ0n) is 10.5. The second-order valence-electron chi connectivity index (χ2n) is 4.41. The summed E-state index contributed by atoms with van der Waals surface area (Å²) in [5.41, 5.74) is 1.66. The van der Waals surface area contributed by atoms with E-state index in [-0.39, 0.29) is 10.7 Å². The lowest BCUT2D eigenvalue weighted by atomic mass is 10.1. The van der Waals surface area contributed by atoms with Crippen LogP contribution in [-0.2, 0) is 0 Å². The third kappa shape index (κ3) is 2.13. The number of benzene rings is 2. The summed E-state index contributed by atoms with van der Waals surface area (Å²) >= 11 is 12.3. The predicted molar refractivity (Wildman–Crippen MR) is 79.7 cm³/mol. The molecule has 0 saturated heterocycles. The van der Waals surface area contributed by atoms with Crippen LogP contribution in [0.2, 0.25) is 10.2 Å². The molecule has 1 heterocycles. The van der Waals surface area contributed by atoms with Gasteiger partial charge in [0.2, 0.25) is 0 Å². The normalized spacial score (nSPS) is 11.0. The van der Waals surface area contributed by atoms with Gasteiger partial charge < -0.3 is 0 Å². The molecule has 20 heavy (non-hydrogen) atoms. The maximum absolute atomic E-state index is 14.0. The molecule has 0 amide bonds. The Morgan fingerprint density at radius 3 is 2.50 bits per heavy atom. The number of nitrogens with zero attached hydrogens (tertiary/aromatic N) is 2. The van der Waals surface area contributed by atoms with Crippen molar-refractivity contribution in [2.45, 2.75) is 6.92 Å². The van der Waals surface area contributed by atoms with Gasteiger partial charge in [0, 0.05) is 10.9 Å². The average molecular weight is 307 g/mol. The Morgan fingerprint density at radius 2 is 1.75 bits per heavy atom. The lowest BCUT2D eigenvalue weighted by Crippen LogP contribution is -1.96. The second kappa shape index (κ2) is 5.00. The molecule has 0 aliphatic carbocycles. The van der Waals surface area contributed by atoms with Gasteiger partial charge in [0.05, 0.1) is 5.02 Å². The fraction of sp³-hybridized carbons (Fsp3) is 0.0667. The number of aromatic nitrogens is 2. The SMILES string of the molecule is Cc1ccc(F)c2nc(-c3ccccc3Cl)nc(Cl)c12. The molecular formula is C15H9Cl2FN2. The quantitative estimate of drug-likeness (QED) is 0.588. The Kier molecular flexibility index (Phi) is 3.32. The molecule has 0 atom stereocenters. The molecule has 3 rings (SSSR count). The topological polar surface area (TPSA) is 25.8 Å². The molecule has 0 bridgehead atoms. The third-order valence-corrected chi connectivity index (χ3v) is 3.68. The Hall–Kier alpha value is -1.71. The van der Waals surface area contributed by atoms with Gasteiger partial charge in [-0.15, -0.1) is 0 Å². The Balaban J connectivity index is 2.36. The van der Waals surface area contributed by atoms with E-state index >= 15 is 0 Å². The van der Waals surface area contributed by atoms with Gasteiger partial charge >= 0.3 is 0 Å². The molecule has 0 aliphatic heterocycles. The largest absolute Gasteiger partial charge is 0.225 e. The third-order valence-electron chi connectivity index (χ3n) is 3.08. The van der Waals surface area contributed by atoms with E-state index in [9.17, 15) is 4.39 Å². The van der Waals surface area contributed by atoms with Gasteiger partial charge in [-0.3, -0.25) is 0 Å². The molecule has 100 valence electrons. The van der Waals surface area contributed by atoms with E-state index in [2.05, 4.69) is 9.97 Å². The molecule has 2 aromatic carbocycles. The van der Waals surface area contributed by atoms with E-state index in [1.807, 2.05) is 13.0 Å². The number of hydrogen-bond donors (Lipinski definition) is 0. The summed E-state index contributed by atoms with van der Waals surface area (Å²) in [6, 6.07) is 10.1. The zero-order valence-corrected chi connectivity index (χ0v) is 12.0. The summed E-state index contributed by atoms with van der Waals surface area (Å²) < 4.78 is 14.0.